The lowest BCUT2D eigenvalue weighted by Gasteiger charge is -2.15. The van der Waals surface area contributed by atoms with Crippen LogP contribution in [-0.2, 0) is 4.79 Å². The molecule has 1 aromatic heterocycles. The lowest BCUT2D eigenvalue weighted by molar-refractivity contribution is -0.114. The maximum absolute atomic E-state index is 11.0. The van der Waals surface area contributed by atoms with Crippen molar-refractivity contribution in [3.8, 4) is 17.7 Å². The number of anilines is 2. The molecule has 0 atom stereocenters. The highest BCUT2D eigenvalue weighted by Gasteiger charge is 2.13. The summed E-state index contributed by atoms with van der Waals surface area (Å²) in [6, 6.07) is 10.7. The number of nitriles is 1. The zero-order chi connectivity index (χ0) is 16.1. The van der Waals surface area contributed by atoms with Crippen LogP contribution in [0.15, 0.2) is 36.5 Å². The van der Waals surface area contributed by atoms with Gasteiger partial charge in [0.05, 0.1) is 5.69 Å². The highest BCUT2D eigenvalue weighted by atomic mass is 16.5. The van der Waals surface area contributed by atoms with Gasteiger partial charge in [-0.15, -0.1) is 0 Å². The first-order valence-corrected chi connectivity index (χ1v) is 6.63. The third-order valence-corrected chi connectivity index (χ3v) is 2.88. The molecule has 1 N–H and O–H groups in total. The van der Waals surface area contributed by atoms with Gasteiger partial charge in [0.1, 0.15) is 17.4 Å². The Balaban J connectivity index is 2.26. The molecule has 2 aromatic rings. The van der Waals surface area contributed by atoms with Crippen molar-refractivity contribution in [3.63, 3.8) is 0 Å². The standard InChI is InChI=1S/C16H16N4O2/c1-11(21)19-12-4-6-13(7-5-12)22-16-14(10-17)15(20(2)3)8-9-18-16/h4-9H,1-3H3,(H,19,21). The number of benzene rings is 1. The summed E-state index contributed by atoms with van der Waals surface area (Å²) in [4.78, 5) is 16.9. The maximum atomic E-state index is 11.0. The Kier molecular flexibility index (Phi) is 4.59. The molecule has 6 heteroatoms. The average molecular weight is 296 g/mol. The smallest absolute Gasteiger partial charge is 0.239 e. The van der Waals surface area contributed by atoms with E-state index >= 15 is 0 Å². The minimum absolute atomic E-state index is 0.138. The molecular weight excluding hydrogens is 280 g/mol. The first kappa shape index (κ1) is 15.3. The first-order chi connectivity index (χ1) is 10.5. The molecule has 1 heterocycles. The Morgan fingerprint density at radius 2 is 1.95 bits per heavy atom. The second kappa shape index (κ2) is 6.59. The van der Waals surface area contributed by atoms with Crippen molar-refractivity contribution >= 4 is 17.3 Å². The monoisotopic (exact) mass is 296 g/mol. The molecule has 0 saturated heterocycles. The Hall–Kier alpha value is -3.07. The van der Waals surface area contributed by atoms with Gasteiger partial charge >= 0.3 is 0 Å². The predicted octanol–water partition coefficient (Wildman–Crippen LogP) is 2.77. The summed E-state index contributed by atoms with van der Waals surface area (Å²) in [5.41, 5.74) is 1.79. The van der Waals surface area contributed by atoms with E-state index in [0.29, 0.717) is 17.0 Å². The highest BCUT2D eigenvalue weighted by Crippen LogP contribution is 2.29. The van der Waals surface area contributed by atoms with Gasteiger partial charge in [0.2, 0.25) is 11.8 Å². The Morgan fingerprint density at radius 3 is 2.50 bits per heavy atom. The molecule has 1 aromatic carbocycles. The molecule has 0 saturated carbocycles. The van der Waals surface area contributed by atoms with Crippen LogP contribution in [0.3, 0.4) is 0 Å². The van der Waals surface area contributed by atoms with Crippen molar-refractivity contribution in [2.75, 3.05) is 24.3 Å². The molecule has 0 radical (unpaired) electrons. The molecule has 0 bridgehead atoms. The van der Waals surface area contributed by atoms with Crippen LogP contribution in [0.5, 0.6) is 11.6 Å². The molecule has 2 rings (SSSR count). The molecule has 0 unspecified atom stereocenters. The van der Waals surface area contributed by atoms with Crippen LogP contribution < -0.4 is 15.0 Å². The van der Waals surface area contributed by atoms with Crippen molar-refractivity contribution in [1.29, 1.82) is 5.26 Å². The Labute approximate surface area is 129 Å². The Bertz CT molecular complexity index is 718. The van der Waals surface area contributed by atoms with Crippen molar-refractivity contribution in [2.24, 2.45) is 0 Å². The van der Waals surface area contributed by atoms with E-state index in [9.17, 15) is 10.1 Å². The lowest BCUT2D eigenvalue weighted by atomic mass is 10.2. The van der Waals surface area contributed by atoms with Crippen LogP contribution in [0.2, 0.25) is 0 Å². The topological polar surface area (TPSA) is 78.2 Å². The van der Waals surface area contributed by atoms with Gasteiger partial charge < -0.3 is 15.0 Å². The summed E-state index contributed by atoms with van der Waals surface area (Å²) in [5.74, 6) is 0.649. The molecule has 22 heavy (non-hydrogen) atoms. The Morgan fingerprint density at radius 1 is 1.27 bits per heavy atom. The number of nitrogens with one attached hydrogen (secondary N) is 1. The van der Waals surface area contributed by atoms with Crippen molar-refractivity contribution in [1.82, 2.24) is 4.98 Å². The van der Waals surface area contributed by atoms with Crippen LogP contribution in [0.4, 0.5) is 11.4 Å². The van der Waals surface area contributed by atoms with Crippen LogP contribution in [-0.4, -0.2) is 25.0 Å². The summed E-state index contributed by atoms with van der Waals surface area (Å²) in [6.45, 7) is 1.44. The van der Waals surface area contributed by atoms with Gasteiger partial charge in [-0.1, -0.05) is 0 Å². The fraction of sp³-hybridized carbons (Fsp3) is 0.188. The molecule has 6 nitrogen and oxygen atoms in total. The van der Waals surface area contributed by atoms with Gasteiger partial charge in [0, 0.05) is 32.9 Å². The fourth-order valence-corrected chi connectivity index (χ4v) is 1.91. The number of nitrogens with zero attached hydrogens (tertiary/aromatic N) is 3. The average Bonchev–Trinajstić information content (AvgIpc) is 2.48. The molecule has 0 aliphatic carbocycles. The second-order valence-electron chi connectivity index (χ2n) is 4.82. The van der Waals surface area contributed by atoms with Crippen LogP contribution in [0.1, 0.15) is 12.5 Å². The summed E-state index contributed by atoms with van der Waals surface area (Å²) in [5, 5.41) is 12.0. The van der Waals surface area contributed by atoms with Gasteiger partial charge in [0.15, 0.2) is 0 Å². The van der Waals surface area contributed by atoms with Crippen LogP contribution >= 0.6 is 0 Å². The molecular formula is C16H16N4O2. The van der Waals surface area contributed by atoms with E-state index in [4.69, 9.17) is 4.74 Å². The normalized spacial score (nSPS) is 9.73. The number of carbonyl (C=O) groups is 1. The summed E-state index contributed by atoms with van der Waals surface area (Å²) in [6.07, 6.45) is 1.59. The first-order valence-electron chi connectivity index (χ1n) is 6.63. The molecule has 0 spiro atoms. The number of aromatic nitrogens is 1. The summed E-state index contributed by atoms with van der Waals surface area (Å²) < 4.78 is 5.68. The second-order valence-corrected chi connectivity index (χ2v) is 4.82. The van der Waals surface area contributed by atoms with E-state index in [1.54, 1.807) is 36.5 Å². The van der Waals surface area contributed by atoms with E-state index in [-0.39, 0.29) is 11.8 Å². The van der Waals surface area contributed by atoms with E-state index in [1.807, 2.05) is 19.0 Å². The van der Waals surface area contributed by atoms with E-state index < -0.39 is 0 Å². The molecule has 0 aliphatic heterocycles. The van der Waals surface area contributed by atoms with Gasteiger partial charge in [-0.25, -0.2) is 4.98 Å². The van der Waals surface area contributed by atoms with Crippen LogP contribution in [0.25, 0.3) is 0 Å². The lowest BCUT2D eigenvalue weighted by Crippen LogP contribution is -2.11. The predicted molar refractivity (Wildman–Crippen MR) is 84.1 cm³/mol. The zero-order valence-corrected chi connectivity index (χ0v) is 12.6. The minimum atomic E-state index is -0.138. The van der Waals surface area contributed by atoms with Crippen molar-refractivity contribution in [3.05, 3.63) is 42.1 Å². The number of hydrogen-bond donors (Lipinski definition) is 1. The van der Waals surface area contributed by atoms with Gasteiger partial charge in [0.25, 0.3) is 0 Å². The quantitative estimate of drug-likeness (QED) is 0.938. The summed E-state index contributed by atoms with van der Waals surface area (Å²) >= 11 is 0. The number of amides is 1. The number of ether oxygens (including phenoxy) is 1. The van der Waals surface area contributed by atoms with E-state index in [1.165, 1.54) is 6.92 Å². The maximum Gasteiger partial charge on any atom is 0.239 e. The van der Waals surface area contributed by atoms with Gasteiger partial charge in [-0.2, -0.15) is 5.26 Å². The third-order valence-electron chi connectivity index (χ3n) is 2.88. The van der Waals surface area contributed by atoms with Crippen molar-refractivity contribution in [2.45, 2.75) is 6.92 Å². The van der Waals surface area contributed by atoms with Gasteiger partial charge in [-0.3, -0.25) is 4.79 Å². The van der Waals surface area contributed by atoms with E-state index in [2.05, 4.69) is 16.4 Å². The minimum Gasteiger partial charge on any atom is -0.438 e. The van der Waals surface area contributed by atoms with E-state index in [0.717, 1.165) is 5.69 Å². The largest absolute Gasteiger partial charge is 0.438 e. The number of rotatable bonds is 4. The molecule has 0 fully saturated rings. The fourth-order valence-electron chi connectivity index (χ4n) is 1.91. The number of hydrogen-bond acceptors (Lipinski definition) is 5. The molecule has 0 aliphatic rings. The molecule has 1 amide bonds. The van der Waals surface area contributed by atoms with Crippen LogP contribution in [0, 0.1) is 11.3 Å². The van der Waals surface area contributed by atoms with Gasteiger partial charge in [-0.05, 0) is 30.3 Å². The highest BCUT2D eigenvalue weighted by molar-refractivity contribution is 5.88. The zero-order valence-electron chi connectivity index (χ0n) is 12.6. The third kappa shape index (κ3) is 3.52. The SMILES string of the molecule is CC(=O)Nc1ccc(Oc2nccc(N(C)C)c2C#N)cc1. The summed E-state index contributed by atoms with van der Waals surface area (Å²) in [7, 11) is 3.70. The molecule has 112 valence electrons. The van der Waals surface area contributed by atoms with Crippen molar-refractivity contribution < 1.29 is 9.53 Å². The number of carbonyl (C=O) groups excluding carboxylic acids is 1. The number of pyridine rings is 1.